The van der Waals surface area contributed by atoms with Gasteiger partial charge in [-0.25, -0.2) is 0 Å². The number of hydrogen-bond donors (Lipinski definition) is 1. The van der Waals surface area contributed by atoms with Crippen LogP contribution < -0.4 is 5.73 Å². The Morgan fingerprint density at radius 3 is 2.78 bits per heavy atom. The summed E-state index contributed by atoms with van der Waals surface area (Å²) >= 11 is 0. The molecule has 9 heavy (non-hydrogen) atoms. The maximum Gasteiger partial charge on any atom is 0.246 e. The summed E-state index contributed by atoms with van der Waals surface area (Å²) in [7, 11) is 0. The van der Waals surface area contributed by atoms with Gasteiger partial charge in [-0.1, -0.05) is 0 Å². The lowest BCUT2D eigenvalue weighted by molar-refractivity contribution is -0.455. The molecule has 0 amide bonds. The molecule has 1 aliphatic heterocycles. The average molecular weight is 132 g/mol. The van der Waals surface area contributed by atoms with E-state index in [9.17, 15) is 9.60 Å². The maximum absolute atomic E-state index is 11.8. The first-order valence-electron chi connectivity index (χ1n) is 2.86. The Morgan fingerprint density at radius 2 is 2.56 bits per heavy atom. The summed E-state index contributed by atoms with van der Waals surface area (Å²) in [4.78, 5) is 0. The fourth-order valence-corrected chi connectivity index (χ4v) is 0.917. The van der Waals surface area contributed by atoms with Crippen molar-refractivity contribution in [2.24, 2.45) is 11.7 Å². The second-order valence-corrected chi connectivity index (χ2v) is 2.28. The highest BCUT2D eigenvalue weighted by Crippen LogP contribution is 2.10. The van der Waals surface area contributed by atoms with Gasteiger partial charge in [0.15, 0.2) is 0 Å². The van der Waals surface area contributed by atoms with Crippen LogP contribution in [0.4, 0.5) is 4.39 Å². The zero-order valence-electron chi connectivity index (χ0n) is 5.01. The molecule has 0 radical (unpaired) electrons. The summed E-state index contributed by atoms with van der Waals surface area (Å²) in [5.74, 6) is 0.0974. The van der Waals surface area contributed by atoms with E-state index in [0.717, 1.165) is 0 Å². The van der Waals surface area contributed by atoms with E-state index in [1.807, 2.05) is 0 Å². The van der Waals surface area contributed by atoms with Gasteiger partial charge in [0.05, 0.1) is 19.6 Å². The molecule has 1 rings (SSSR count). The van der Waals surface area contributed by atoms with Gasteiger partial charge in [0, 0.05) is 5.92 Å². The zero-order chi connectivity index (χ0) is 6.85. The molecule has 4 heteroatoms. The smallest absolute Gasteiger partial charge is 0.246 e. The van der Waals surface area contributed by atoms with E-state index in [2.05, 4.69) is 0 Å². The van der Waals surface area contributed by atoms with E-state index in [1.54, 1.807) is 0 Å². The Kier molecular flexibility index (Phi) is 1.55. The monoisotopic (exact) mass is 132 g/mol. The SMILES string of the molecule is NC1=[N+]([O-])CC(CF)C1. The fourth-order valence-electron chi connectivity index (χ4n) is 0.917. The van der Waals surface area contributed by atoms with Gasteiger partial charge in [0.2, 0.25) is 5.84 Å². The summed E-state index contributed by atoms with van der Waals surface area (Å²) in [5.41, 5.74) is 5.21. The van der Waals surface area contributed by atoms with Crippen LogP contribution in [0.15, 0.2) is 0 Å². The molecule has 0 aromatic carbocycles. The van der Waals surface area contributed by atoms with Gasteiger partial charge in [-0.2, -0.15) is 0 Å². The van der Waals surface area contributed by atoms with Gasteiger partial charge in [0.25, 0.3) is 0 Å². The summed E-state index contributed by atoms with van der Waals surface area (Å²) in [6, 6.07) is 0. The quantitative estimate of drug-likeness (QED) is 0.398. The minimum Gasteiger partial charge on any atom is -0.715 e. The first-order valence-corrected chi connectivity index (χ1v) is 2.86. The number of nitrogens with zero attached hydrogens (tertiary/aromatic N) is 1. The van der Waals surface area contributed by atoms with Crippen LogP contribution in [0.25, 0.3) is 0 Å². The third-order valence-electron chi connectivity index (χ3n) is 1.46. The minimum atomic E-state index is -0.445. The first kappa shape index (κ1) is 6.32. The topological polar surface area (TPSA) is 52.1 Å². The van der Waals surface area contributed by atoms with Crippen LogP contribution in [0.5, 0.6) is 0 Å². The Bertz CT molecular complexity index is 132. The zero-order valence-corrected chi connectivity index (χ0v) is 5.01. The minimum absolute atomic E-state index is 0.164. The average Bonchev–Trinajstić information content (AvgIpc) is 2.13. The van der Waals surface area contributed by atoms with Crippen molar-refractivity contribution in [1.82, 2.24) is 0 Å². The van der Waals surface area contributed by atoms with Crippen molar-refractivity contribution in [2.75, 3.05) is 13.2 Å². The number of hydrogen-bond acceptors (Lipinski definition) is 2. The van der Waals surface area contributed by atoms with Gasteiger partial charge in [0.1, 0.15) is 0 Å². The number of halogens is 1. The van der Waals surface area contributed by atoms with E-state index in [0.29, 0.717) is 11.2 Å². The Balaban J connectivity index is 2.48. The number of alkyl halides is 1. The molecule has 0 fully saturated rings. The lowest BCUT2D eigenvalue weighted by atomic mass is 10.1. The Hall–Kier alpha value is -0.800. The predicted molar refractivity (Wildman–Crippen MR) is 31.8 cm³/mol. The Morgan fingerprint density at radius 1 is 1.89 bits per heavy atom. The Labute approximate surface area is 52.6 Å². The maximum atomic E-state index is 11.8. The van der Waals surface area contributed by atoms with Crippen LogP contribution in [-0.4, -0.2) is 23.8 Å². The van der Waals surface area contributed by atoms with E-state index >= 15 is 0 Å². The molecule has 0 aliphatic carbocycles. The summed E-state index contributed by atoms with van der Waals surface area (Å²) in [6.07, 6.45) is 0.417. The summed E-state index contributed by atoms with van der Waals surface area (Å²) in [6.45, 7) is -0.220. The molecule has 1 heterocycles. The van der Waals surface area contributed by atoms with Crippen molar-refractivity contribution in [2.45, 2.75) is 6.42 Å². The molecule has 1 unspecified atom stereocenters. The van der Waals surface area contributed by atoms with Crippen LogP contribution in [0.2, 0.25) is 0 Å². The molecular formula is C5H9FN2O. The van der Waals surface area contributed by atoms with Crippen molar-refractivity contribution in [3.05, 3.63) is 5.21 Å². The van der Waals surface area contributed by atoms with Crippen molar-refractivity contribution < 1.29 is 9.13 Å². The van der Waals surface area contributed by atoms with Crippen molar-refractivity contribution >= 4 is 5.84 Å². The molecule has 1 atom stereocenters. The molecule has 0 aromatic rings. The summed E-state index contributed by atoms with van der Waals surface area (Å²) < 4.78 is 12.5. The van der Waals surface area contributed by atoms with Gasteiger partial charge in [-0.15, -0.1) is 0 Å². The third kappa shape index (κ3) is 1.12. The van der Waals surface area contributed by atoms with Gasteiger partial charge < -0.3 is 5.21 Å². The molecule has 2 N–H and O–H groups in total. The van der Waals surface area contributed by atoms with Gasteiger partial charge in [-0.3, -0.25) is 14.9 Å². The number of hydroxylamine groups is 1. The lowest BCUT2D eigenvalue weighted by Gasteiger charge is -2.03. The van der Waals surface area contributed by atoms with Crippen LogP contribution >= 0.6 is 0 Å². The lowest BCUT2D eigenvalue weighted by Crippen LogP contribution is -2.16. The fraction of sp³-hybridized carbons (Fsp3) is 0.800. The van der Waals surface area contributed by atoms with E-state index < -0.39 is 6.67 Å². The summed E-state index contributed by atoms with van der Waals surface area (Å²) in [5, 5.41) is 10.5. The number of amidine groups is 1. The highest BCUT2D eigenvalue weighted by Gasteiger charge is 2.22. The van der Waals surface area contributed by atoms with E-state index in [-0.39, 0.29) is 18.3 Å². The molecule has 0 saturated carbocycles. The molecule has 52 valence electrons. The van der Waals surface area contributed by atoms with Crippen LogP contribution in [0.1, 0.15) is 6.42 Å². The van der Waals surface area contributed by atoms with Crippen molar-refractivity contribution in [3.8, 4) is 0 Å². The van der Waals surface area contributed by atoms with Crippen LogP contribution in [0.3, 0.4) is 0 Å². The number of rotatable bonds is 1. The van der Waals surface area contributed by atoms with Crippen LogP contribution in [0, 0.1) is 11.1 Å². The second-order valence-electron chi connectivity index (χ2n) is 2.28. The van der Waals surface area contributed by atoms with E-state index in [4.69, 9.17) is 5.73 Å². The molecule has 0 bridgehead atoms. The van der Waals surface area contributed by atoms with E-state index in [1.165, 1.54) is 0 Å². The van der Waals surface area contributed by atoms with Gasteiger partial charge >= 0.3 is 0 Å². The largest absolute Gasteiger partial charge is 0.715 e. The molecule has 0 aromatic heterocycles. The van der Waals surface area contributed by atoms with Crippen LogP contribution in [-0.2, 0) is 0 Å². The normalized spacial score (nSPS) is 27.4. The van der Waals surface area contributed by atoms with Crippen molar-refractivity contribution in [1.29, 1.82) is 0 Å². The third-order valence-corrected chi connectivity index (χ3v) is 1.46. The molecule has 3 nitrogen and oxygen atoms in total. The predicted octanol–water partition coefficient (Wildman–Crippen LogP) is -0.157. The highest BCUT2D eigenvalue weighted by atomic mass is 19.1. The first-order chi connectivity index (χ1) is 4.24. The molecule has 0 saturated heterocycles. The molecular weight excluding hydrogens is 123 g/mol. The standard InChI is InChI=1S/C5H9FN2O/c6-2-4-1-5(7)8(9)3-4/h4H,1-3,7H2. The molecule has 1 aliphatic rings. The number of nitrogens with two attached hydrogens (primary N) is 1. The molecule has 0 spiro atoms. The van der Waals surface area contributed by atoms with Crippen molar-refractivity contribution in [3.63, 3.8) is 0 Å². The highest BCUT2D eigenvalue weighted by molar-refractivity contribution is 5.76. The second kappa shape index (κ2) is 2.21. The van der Waals surface area contributed by atoms with Gasteiger partial charge in [-0.05, 0) is 0 Å².